The summed E-state index contributed by atoms with van der Waals surface area (Å²) in [5.74, 6) is 1.49. The topological polar surface area (TPSA) is 61.8 Å². The molecule has 7 nitrogen and oxygen atoms in total. The van der Waals surface area contributed by atoms with Crippen molar-refractivity contribution in [2.75, 3.05) is 58.8 Å². The molecule has 0 unspecified atom stereocenters. The normalized spacial score (nSPS) is 15.1. The summed E-state index contributed by atoms with van der Waals surface area (Å²) in [6.07, 6.45) is 4.36. The molecule has 1 aromatic heterocycles. The molecule has 2 rings (SSSR count). The third-order valence-electron chi connectivity index (χ3n) is 3.99. The largest absolute Gasteiger partial charge is 0.481 e. The number of carbonyl (C=O) groups excluding carboxylic acids is 1. The van der Waals surface area contributed by atoms with Gasteiger partial charge in [0.15, 0.2) is 0 Å². The third-order valence-corrected chi connectivity index (χ3v) is 3.99. The standard InChI is InChI=1S/C16H27N5O2/c1-19(2)9-5-4-6-15(22)20-10-12-21(13-11-20)16-17-8-7-14(18-16)23-3/h7-8H,4-6,9-13H2,1-3H3. The fourth-order valence-corrected chi connectivity index (χ4v) is 2.62. The first-order valence-corrected chi connectivity index (χ1v) is 8.14. The summed E-state index contributed by atoms with van der Waals surface area (Å²) < 4.78 is 5.13. The number of aromatic nitrogens is 2. The van der Waals surface area contributed by atoms with E-state index in [0.717, 1.165) is 45.6 Å². The Balaban J connectivity index is 1.75. The molecule has 1 aliphatic rings. The van der Waals surface area contributed by atoms with Crippen molar-refractivity contribution in [3.8, 4) is 5.88 Å². The summed E-state index contributed by atoms with van der Waals surface area (Å²) in [4.78, 5) is 27.1. The predicted octanol–water partition coefficient (Wildman–Crippen LogP) is 0.866. The van der Waals surface area contributed by atoms with Gasteiger partial charge in [0, 0.05) is 44.9 Å². The van der Waals surface area contributed by atoms with E-state index in [1.807, 2.05) is 4.90 Å². The molecule has 1 amide bonds. The van der Waals surface area contributed by atoms with Gasteiger partial charge in [0.05, 0.1) is 7.11 Å². The van der Waals surface area contributed by atoms with Crippen LogP contribution in [0.5, 0.6) is 5.88 Å². The smallest absolute Gasteiger partial charge is 0.228 e. The summed E-state index contributed by atoms with van der Waals surface area (Å²) in [5, 5.41) is 0. The maximum atomic E-state index is 12.2. The lowest BCUT2D eigenvalue weighted by atomic mass is 10.2. The van der Waals surface area contributed by atoms with Gasteiger partial charge < -0.3 is 19.4 Å². The number of nitrogens with zero attached hydrogens (tertiary/aromatic N) is 5. The summed E-state index contributed by atoms with van der Waals surface area (Å²) in [6.45, 7) is 4.02. The first-order valence-electron chi connectivity index (χ1n) is 8.14. The highest BCUT2D eigenvalue weighted by Crippen LogP contribution is 2.15. The summed E-state index contributed by atoms with van der Waals surface area (Å²) in [6, 6.07) is 1.73. The number of ether oxygens (including phenoxy) is 1. The number of hydrogen-bond acceptors (Lipinski definition) is 6. The van der Waals surface area contributed by atoms with Crippen LogP contribution in [0.2, 0.25) is 0 Å². The highest BCUT2D eigenvalue weighted by molar-refractivity contribution is 5.76. The van der Waals surface area contributed by atoms with Gasteiger partial charge in [-0.15, -0.1) is 0 Å². The van der Waals surface area contributed by atoms with Gasteiger partial charge in [0.1, 0.15) is 0 Å². The molecule has 23 heavy (non-hydrogen) atoms. The van der Waals surface area contributed by atoms with Crippen LogP contribution in [-0.2, 0) is 4.79 Å². The minimum atomic E-state index is 0.259. The summed E-state index contributed by atoms with van der Waals surface area (Å²) >= 11 is 0. The van der Waals surface area contributed by atoms with E-state index in [0.29, 0.717) is 18.2 Å². The summed E-state index contributed by atoms with van der Waals surface area (Å²) in [7, 11) is 5.71. The van der Waals surface area contributed by atoms with Crippen molar-refractivity contribution in [2.24, 2.45) is 0 Å². The molecule has 1 aromatic rings. The second-order valence-electron chi connectivity index (χ2n) is 6.03. The van der Waals surface area contributed by atoms with E-state index in [1.165, 1.54) is 0 Å². The van der Waals surface area contributed by atoms with Crippen molar-refractivity contribution < 1.29 is 9.53 Å². The molecule has 0 saturated carbocycles. The van der Waals surface area contributed by atoms with Crippen LogP contribution >= 0.6 is 0 Å². The van der Waals surface area contributed by atoms with Crippen molar-refractivity contribution in [2.45, 2.75) is 19.3 Å². The van der Waals surface area contributed by atoms with Crippen LogP contribution in [0.1, 0.15) is 19.3 Å². The zero-order valence-corrected chi connectivity index (χ0v) is 14.4. The molecule has 0 aliphatic carbocycles. The van der Waals surface area contributed by atoms with Gasteiger partial charge in [-0.3, -0.25) is 4.79 Å². The molecule has 0 radical (unpaired) electrons. The number of rotatable bonds is 7. The molecular formula is C16H27N5O2. The highest BCUT2D eigenvalue weighted by atomic mass is 16.5. The quantitative estimate of drug-likeness (QED) is 0.694. The lowest BCUT2D eigenvalue weighted by Crippen LogP contribution is -2.49. The first-order chi connectivity index (χ1) is 11.1. The van der Waals surface area contributed by atoms with E-state index in [-0.39, 0.29) is 5.91 Å². The van der Waals surface area contributed by atoms with Crippen LogP contribution in [0, 0.1) is 0 Å². The van der Waals surface area contributed by atoms with Crippen molar-refractivity contribution in [1.29, 1.82) is 0 Å². The molecular weight excluding hydrogens is 294 g/mol. The van der Waals surface area contributed by atoms with Gasteiger partial charge in [0.2, 0.25) is 17.7 Å². The Morgan fingerprint density at radius 2 is 2.00 bits per heavy atom. The molecule has 1 aliphatic heterocycles. The van der Waals surface area contributed by atoms with E-state index < -0.39 is 0 Å². The Morgan fingerprint density at radius 3 is 2.65 bits per heavy atom. The highest BCUT2D eigenvalue weighted by Gasteiger charge is 2.22. The van der Waals surface area contributed by atoms with Crippen LogP contribution < -0.4 is 9.64 Å². The molecule has 0 aromatic carbocycles. The van der Waals surface area contributed by atoms with Crippen molar-refractivity contribution >= 4 is 11.9 Å². The first kappa shape index (κ1) is 17.5. The number of unbranched alkanes of at least 4 members (excludes halogenated alkanes) is 1. The van der Waals surface area contributed by atoms with Gasteiger partial charge in [0.25, 0.3) is 0 Å². The molecule has 128 valence electrons. The maximum absolute atomic E-state index is 12.2. The molecule has 0 bridgehead atoms. The van der Waals surface area contributed by atoms with E-state index in [4.69, 9.17) is 4.74 Å². The van der Waals surface area contributed by atoms with Gasteiger partial charge >= 0.3 is 0 Å². The minimum absolute atomic E-state index is 0.259. The lowest BCUT2D eigenvalue weighted by molar-refractivity contribution is -0.131. The minimum Gasteiger partial charge on any atom is -0.481 e. The van der Waals surface area contributed by atoms with E-state index in [2.05, 4.69) is 33.9 Å². The monoisotopic (exact) mass is 321 g/mol. The van der Waals surface area contributed by atoms with Gasteiger partial charge in [-0.1, -0.05) is 0 Å². The summed E-state index contributed by atoms with van der Waals surface area (Å²) in [5.41, 5.74) is 0. The number of hydrogen-bond donors (Lipinski definition) is 0. The van der Waals surface area contributed by atoms with Gasteiger partial charge in [-0.05, 0) is 33.5 Å². The Kier molecular flexibility index (Phi) is 6.58. The Bertz CT molecular complexity index is 501. The van der Waals surface area contributed by atoms with E-state index >= 15 is 0 Å². The number of methoxy groups -OCH3 is 1. The van der Waals surface area contributed by atoms with Crippen molar-refractivity contribution in [3.05, 3.63) is 12.3 Å². The second kappa shape index (κ2) is 8.67. The molecule has 0 N–H and O–H groups in total. The average molecular weight is 321 g/mol. The molecule has 0 atom stereocenters. The second-order valence-corrected chi connectivity index (χ2v) is 6.03. The molecule has 1 saturated heterocycles. The molecule has 7 heteroatoms. The van der Waals surface area contributed by atoms with E-state index in [9.17, 15) is 4.79 Å². The Labute approximate surface area is 138 Å². The van der Waals surface area contributed by atoms with Crippen LogP contribution in [-0.4, -0.2) is 79.6 Å². The van der Waals surface area contributed by atoms with Crippen LogP contribution in [0.3, 0.4) is 0 Å². The average Bonchev–Trinajstić information content (AvgIpc) is 2.58. The Morgan fingerprint density at radius 1 is 1.26 bits per heavy atom. The molecule has 1 fully saturated rings. The van der Waals surface area contributed by atoms with Gasteiger partial charge in [-0.2, -0.15) is 4.98 Å². The van der Waals surface area contributed by atoms with Crippen LogP contribution in [0.4, 0.5) is 5.95 Å². The maximum Gasteiger partial charge on any atom is 0.228 e. The van der Waals surface area contributed by atoms with Crippen LogP contribution in [0.25, 0.3) is 0 Å². The van der Waals surface area contributed by atoms with Crippen molar-refractivity contribution in [1.82, 2.24) is 19.8 Å². The Hall–Kier alpha value is -1.89. The number of carbonyl (C=O) groups is 1. The fourth-order valence-electron chi connectivity index (χ4n) is 2.62. The van der Waals surface area contributed by atoms with Gasteiger partial charge in [-0.25, -0.2) is 4.98 Å². The molecule has 0 spiro atoms. The zero-order chi connectivity index (χ0) is 16.7. The number of amides is 1. The molecule has 2 heterocycles. The predicted molar refractivity (Wildman–Crippen MR) is 89.8 cm³/mol. The van der Waals surface area contributed by atoms with Crippen LogP contribution in [0.15, 0.2) is 12.3 Å². The van der Waals surface area contributed by atoms with E-state index in [1.54, 1.807) is 19.4 Å². The van der Waals surface area contributed by atoms with Crippen molar-refractivity contribution in [3.63, 3.8) is 0 Å². The fraction of sp³-hybridized carbons (Fsp3) is 0.688. The zero-order valence-electron chi connectivity index (χ0n) is 14.4. The third kappa shape index (κ3) is 5.35. The lowest BCUT2D eigenvalue weighted by Gasteiger charge is -2.34. The SMILES string of the molecule is COc1ccnc(N2CCN(C(=O)CCCCN(C)C)CC2)n1. The number of piperazine rings is 1. The number of anilines is 1.